The molecule has 10 heteroatoms. The lowest BCUT2D eigenvalue weighted by molar-refractivity contribution is 0.100. The topological polar surface area (TPSA) is 152 Å². The van der Waals surface area contributed by atoms with Crippen molar-refractivity contribution >= 4 is 23.7 Å². The Labute approximate surface area is 282 Å². The summed E-state index contributed by atoms with van der Waals surface area (Å²) in [5.74, 6) is 0.354. The van der Waals surface area contributed by atoms with Gasteiger partial charge in [0.1, 0.15) is 57.1 Å². The van der Waals surface area contributed by atoms with Crippen LogP contribution in [0.2, 0.25) is 0 Å². The normalized spacial score (nSPS) is 17.8. The van der Waals surface area contributed by atoms with Crippen LogP contribution in [0.3, 0.4) is 0 Å². The highest BCUT2D eigenvalue weighted by Crippen LogP contribution is 2.42. The summed E-state index contributed by atoms with van der Waals surface area (Å²) in [7, 11) is 0. The van der Waals surface area contributed by atoms with Gasteiger partial charge in [-0.05, 0) is 66.3 Å². The summed E-state index contributed by atoms with van der Waals surface area (Å²) in [5.41, 5.74) is 1.48. The Bertz CT molecular complexity index is 1830. The number of phenols is 4. The number of carbonyl (C=O) groups is 2. The molecule has 7 rings (SSSR count). The van der Waals surface area contributed by atoms with Crippen LogP contribution < -0.4 is 18.9 Å². The molecule has 0 bridgehead atoms. The Morgan fingerprint density at radius 3 is 1.49 bits per heavy atom. The average molecular weight is 663 g/mol. The van der Waals surface area contributed by atoms with Crippen molar-refractivity contribution < 1.29 is 49.0 Å². The van der Waals surface area contributed by atoms with E-state index in [4.69, 9.17) is 18.9 Å². The third-order valence-electron chi connectivity index (χ3n) is 9.07. The van der Waals surface area contributed by atoms with Gasteiger partial charge >= 0.3 is 0 Å². The van der Waals surface area contributed by atoms with Crippen molar-refractivity contribution in [2.45, 2.75) is 32.1 Å². The summed E-state index contributed by atoms with van der Waals surface area (Å²) in [6.07, 6.45) is 8.98. The number of benzene rings is 4. The van der Waals surface area contributed by atoms with Gasteiger partial charge in [-0.15, -0.1) is 0 Å². The zero-order valence-electron chi connectivity index (χ0n) is 26.4. The number of Topliss-reactive ketones (excluding diaryl/α,β-unsaturated/α-hetero) is 2. The zero-order valence-corrected chi connectivity index (χ0v) is 26.4. The fraction of sp³-hybridized carbons (Fsp3) is 0.231. The summed E-state index contributed by atoms with van der Waals surface area (Å²) in [4.78, 5) is 25.5. The molecule has 2 aliphatic heterocycles. The smallest absolute Gasteiger partial charge is 0.235 e. The van der Waals surface area contributed by atoms with Gasteiger partial charge in [-0.3, -0.25) is 9.59 Å². The van der Waals surface area contributed by atoms with Crippen LogP contribution in [0.1, 0.15) is 63.9 Å². The van der Waals surface area contributed by atoms with E-state index in [1.54, 1.807) is 12.2 Å². The lowest BCUT2D eigenvalue weighted by Gasteiger charge is -2.30. The monoisotopic (exact) mass is 662 g/mol. The molecule has 10 nitrogen and oxygen atoms in total. The van der Waals surface area contributed by atoms with Gasteiger partial charge in [-0.1, -0.05) is 43.5 Å². The van der Waals surface area contributed by atoms with Crippen molar-refractivity contribution in [1.82, 2.24) is 0 Å². The largest absolute Gasteiger partial charge is 0.508 e. The highest BCUT2D eigenvalue weighted by atomic mass is 16.5. The van der Waals surface area contributed by atoms with Crippen molar-refractivity contribution in [3.8, 4) is 46.0 Å². The number of carbonyl (C=O) groups excluding carboxylic acids is 2. The van der Waals surface area contributed by atoms with Gasteiger partial charge in [-0.2, -0.15) is 0 Å². The Morgan fingerprint density at radius 1 is 0.633 bits per heavy atom. The molecule has 1 saturated carbocycles. The standard InChI is InChI=1S/C39H34O10/c40-26-16-30(42)36-32(18-26)48-34(38(36)44)14-22-6-10-28(11-7-22)46-20-25(24-4-2-1-3-5-24)21-47-29-12-8-23(9-13-29)15-35-39(45)37-31(43)17-27(41)19-33(37)49-35/h6-19,24-25,40-43H,1-5,20-21H2/b34-14-,35-15-. The maximum atomic E-state index is 12.7. The van der Waals surface area contributed by atoms with E-state index in [-0.39, 0.29) is 63.1 Å². The van der Waals surface area contributed by atoms with Gasteiger partial charge in [0.15, 0.2) is 11.5 Å². The van der Waals surface area contributed by atoms with Crippen molar-refractivity contribution in [3.63, 3.8) is 0 Å². The van der Waals surface area contributed by atoms with Crippen LogP contribution in [0.15, 0.2) is 84.3 Å². The van der Waals surface area contributed by atoms with Gasteiger partial charge in [-0.25, -0.2) is 0 Å². The molecule has 1 aliphatic carbocycles. The number of fused-ring (bicyclic) bond motifs is 2. The molecule has 4 aromatic rings. The van der Waals surface area contributed by atoms with E-state index in [1.807, 2.05) is 48.5 Å². The van der Waals surface area contributed by atoms with Crippen LogP contribution in [0.5, 0.6) is 46.0 Å². The van der Waals surface area contributed by atoms with E-state index < -0.39 is 11.6 Å². The van der Waals surface area contributed by atoms with E-state index >= 15 is 0 Å². The van der Waals surface area contributed by atoms with E-state index in [0.29, 0.717) is 41.8 Å². The first-order valence-corrected chi connectivity index (χ1v) is 16.2. The fourth-order valence-corrected chi connectivity index (χ4v) is 6.51. The molecular formula is C39H34O10. The Balaban J connectivity index is 0.972. The molecule has 0 atom stereocenters. The molecule has 2 heterocycles. The number of aromatic hydroxyl groups is 4. The Hall–Kier alpha value is -5.90. The first kappa shape index (κ1) is 31.7. The minimum absolute atomic E-state index is 0.0270. The van der Waals surface area contributed by atoms with Crippen LogP contribution in [0, 0.1) is 11.8 Å². The molecule has 0 unspecified atom stereocenters. The number of allylic oxidation sites excluding steroid dienone is 2. The molecular weight excluding hydrogens is 628 g/mol. The number of rotatable bonds is 9. The number of phenolic OH excluding ortho intramolecular Hbond substituents is 4. The first-order valence-electron chi connectivity index (χ1n) is 16.2. The summed E-state index contributed by atoms with van der Waals surface area (Å²) < 4.78 is 23.7. The van der Waals surface area contributed by atoms with E-state index in [9.17, 15) is 30.0 Å². The minimum Gasteiger partial charge on any atom is -0.508 e. The van der Waals surface area contributed by atoms with Crippen LogP contribution >= 0.6 is 0 Å². The van der Waals surface area contributed by atoms with E-state index in [0.717, 1.165) is 25.0 Å². The lowest BCUT2D eigenvalue weighted by atomic mass is 9.80. The molecule has 3 aliphatic rings. The SMILES string of the molecule is O=C1/C(=C/c2ccc(OCC(COc3ccc(/C=C4\Oc5cc(O)cc(O)c5C4=O)cc3)C3CCCCC3)cc2)Oc2cc(O)cc(O)c21. The van der Waals surface area contributed by atoms with Crippen molar-refractivity contribution in [2.75, 3.05) is 13.2 Å². The molecule has 0 spiro atoms. The number of ketones is 2. The van der Waals surface area contributed by atoms with Crippen LogP contribution in [0.4, 0.5) is 0 Å². The minimum atomic E-state index is -0.457. The highest BCUT2D eigenvalue weighted by molar-refractivity contribution is 6.17. The predicted molar refractivity (Wildman–Crippen MR) is 179 cm³/mol. The zero-order chi connectivity index (χ0) is 34.1. The lowest BCUT2D eigenvalue weighted by Crippen LogP contribution is -2.29. The quantitative estimate of drug-likeness (QED) is 0.133. The predicted octanol–water partition coefficient (Wildman–Crippen LogP) is 7.40. The Kier molecular flexibility index (Phi) is 8.61. The van der Waals surface area contributed by atoms with Gasteiger partial charge in [0.2, 0.25) is 11.6 Å². The summed E-state index contributed by atoms with van der Waals surface area (Å²) in [6.45, 7) is 0.939. The summed E-state index contributed by atoms with van der Waals surface area (Å²) >= 11 is 0. The molecule has 0 saturated heterocycles. The molecule has 4 N–H and O–H groups in total. The van der Waals surface area contributed by atoms with Gasteiger partial charge in [0, 0.05) is 30.2 Å². The van der Waals surface area contributed by atoms with Crippen LogP contribution in [-0.2, 0) is 0 Å². The third kappa shape index (κ3) is 6.76. The first-order chi connectivity index (χ1) is 23.7. The van der Waals surface area contributed by atoms with E-state index in [2.05, 4.69) is 0 Å². The molecule has 0 aromatic heterocycles. The van der Waals surface area contributed by atoms with Gasteiger partial charge in [0.25, 0.3) is 0 Å². The van der Waals surface area contributed by atoms with Crippen LogP contribution in [0.25, 0.3) is 12.2 Å². The molecule has 4 aromatic carbocycles. The van der Waals surface area contributed by atoms with Crippen LogP contribution in [-0.4, -0.2) is 45.2 Å². The van der Waals surface area contributed by atoms with Crippen molar-refractivity contribution in [2.24, 2.45) is 11.8 Å². The summed E-state index contributed by atoms with van der Waals surface area (Å²) in [5, 5.41) is 39.6. The van der Waals surface area contributed by atoms with Gasteiger partial charge in [0.05, 0.1) is 13.2 Å². The summed E-state index contributed by atoms with van der Waals surface area (Å²) in [6, 6.07) is 19.4. The second kappa shape index (κ2) is 13.3. The molecule has 0 amide bonds. The number of ether oxygens (including phenoxy) is 4. The third-order valence-corrected chi connectivity index (χ3v) is 9.07. The fourth-order valence-electron chi connectivity index (χ4n) is 6.51. The molecule has 49 heavy (non-hydrogen) atoms. The van der Waals surface area contributed by atoms with E-state index in [1.165, 1.54) is 31.4 Å². The maximum absolute atomic E-state index is 12.7. The Morgan fingerprint density at radius 2 is 1.06 bits per heavy atom. The van der Waals surface area contributed by atoms with Crippen molar-refractivity contribution in [3.05, 3.63) is 107 Å². The van der Waals surface area contributed by atoms with Crippen molar-refractivity contribution in [1.29, 1.82) is 0 Å². The second-order valence-electron chi connectivity index (χ2n) is 12.5. The van der Waals surface area contributed by atoms with Gasteiger partial charge < -0.3 is 39.4 Å². The second-order valence-corrected chi connectivity index (χ2v) is 12.5. The molecule has 1 fully saturated rings. The highest BCUT2D eigenvalue weighted by Gasteiger charge is 2.32. The molecule has 0 radical (unpaired) electrons. The average Bonchev–Trinajstić information content (AvgIpc) is 3.57. The number of hydrogen-bond acceptors (Lipinski definition) is 10. The molecule has 250 valence electrons. The number of hydrogen-bond donors (Lipinski definition) is 4. The maximum Gasteiger partial charge on any atom is 0.235 e.